The summed E-state index contributed by atoms with van der Waals surface area (Å²) in [6.07, 6.45) is 4.17. The van der Waals surface area contributed by atoms with Crippen LogP contribution in [0, 0.1) is 0 Å². The van der Waals surface area contributed by atoms with Crippen molar-refractivity contribution in [3.05, 3.63) is 24.0 Å². The van der Waals surface area contributed by atoms with E-state index in [-0.39, 0.29) is 0 Å². The summed E-state index contributed by atoms with van der Waals surface area (Å²) in [4.78, 5) is 8.36. The fourth-order valence-electron chi connectivity index (χ4n) is 1.83. The molecule has 2 aromatic heterocycles. The highest BCUT2D eigenvalue weighted by atomic mass is 16.3. The molecule has 0 aromatic carbocycles. The van der Waals surface area contributed by atoms with Crippen molar-refractivity contribution < 1.29 is 5.11 Å². The molecule has 14 heavy (non-hydrogen) atoms. The van der Waals surface area contributed by atoms with Crippen molar-refractivity contribution in [2.75, 3.05) is 11.9 Å². The van der Waals surface area contributed by atoms with E-state index in [9.17, 15) is 5.11 Å². The Hall–Kier alpha value is -1.84. The zero-order chi connectivity index (χ0) is 9.54. The Kier molecular flexibility index (Phi) is 1.39. The molecule has 2 N–H and O–H groups in total. The maximum absolute atomic E-state index is 9.96. The summed E-state index contributed by atoms with van der Waals surface area (Å²) in [5.41, 5.74) is 1.65. The highest BCUT2D eigenvalue weighted by Crippen LogP contribution is 2.34. The first-order chi connectivity index (χ1) is 6.86. The second kappa shape index (κ2) is 2.57. The van der Waals surface area contributed by atoms with E-state index in [1.165, 1.54) is 0 Å². The SMILES string of the molecule is Oc1c2c(nc3cnccc13)NCC2. The van der Waals surface area contributed by atoms with Gasteiger partial charge in [-0.05, 0) is 12.5 Å². The summed E-state index contributed by atoms with van der Waals surface area (Å²) in [6, 6.07) is 1.79. The molecule has 0 bridgehead atoms. The van der Waals surface area contributed by atoms with Crippen molar-refractivity contribution >= 4 is 16.7 Å². The molecule has 0 atom stereocenters. The normalized spacial score (nSPS) is 14.0. The van der Waals surface area contributed by atoms with Crippen molar-refractivity contribution in [3.8, 4) is 5.75 Å². The molecule has 0 radical (unpaired) electrons. The third-order valence-corrected chi connectivity index (χ3v) is 2.53. The van der Waals surface area contributed by atoms with Gasteiger partial charge in [-0.25, -0.2) is 4.98 Å². The number of nitrogens with one attached hydrogen (secondary N) is 1. The number of hydrogen-bond donors (Lipinski definition) is 2. The van der Waals surface area contributed by atoms with Gasteiger partial charge in [-0.3, -0.25) is 4.98 Å². The van der Waals surface area contributed by atoms with Crippen LogP contribution in [0.4, 0.5) is 5.82 Å². The third kappa shape index (κ3) is 0.878. The molecular formula is C10H9N3O. The Balaban J connectivity index is 2.44. The molecule has 0 saturated carbocycles. The minimum atomic E-state index is 0.345. The van der Waals surface area contributed by atoms with Gasteiger partial charge in [0.05, 0.1) is 11.7 Å². The second-order valence-electron chi connectivity index (χ2n) is 3.36. The molecule has 1 aliphatic rings. The standard InChI is InChI=1S/C10H9N3O/c14-9-6-1-3-11-5-8(6)13-10-7(9)2-4-12-10/h1,3,5H,2,4H2,(H2,12,13,14). The highest BCUT2D eigenvalue weighted by Gasteiger charge is 2.18. The number of aromatic nitrogens is 2. The lowest BCUT2D eigenvalue weighted by Crippen LogP contribution is -1.93. The molecule has 0 aliphatic carbocycles. The zero-order valence-corrected chi connectivity index (χ0v) is 7.49. The van der Waals surface area contributed by atoms with Gasteiger partial charge in [-0.2, -0.15) is 0 Å². The predicted octanol–water partition coefficient (Wildman–Crippen LogP) is 1.30. The Morgan fingerprint density at radius 1 is 1.43 bits per heavy atom. The van der Waals surface area contributed by atoms with Crippen LogP contribution < -0.4 is 5.32 Å². The third-order valence-electron chi connectivity index (χ3n) is 2.53. The molecule has 3 heterocycles. The molecule has 0 amide bonds. The van der Waals surface area contributed by atoms with Crippen LogP contribution in [0.1, 0.15) is 5.56 Å². The summed E-state index contributed by atoms with van der Waals surface area (Å²) in [6.45, 7) is 0.847. The maximum atomic E-state index is 9.96. The molecule has 2 aromatic rings. The summed E-state index contributed by atoms with van der Waals surface area (Å²) in [5, 5.41) is 13.9. The minimum absolute atomic E-state index is 0.345. The molecule has 70 valence electrons. The summed E-state index contributed by atoms with van der Waals surface area (Å²) in [5.74, 6) is 1.14. The average molecular weight is 187 g/mol. The molecule has 0 saturated heterocycles. The van der Waals surface area contributed by atoms with E-state index in [1.807, 2.05) is 0 Å². The van der Waals surface area contributed by atoms with Crippen LogP contribution in [0.2, 0.25) is 0 Å². The molecule has 4 nitrogen and oxygen atoms in total. The van der Waals surface area contributed by atoms with Crippen LogP contribution >= 0.6 is 0 Å². The van der Waals surface area contributed by atoms with E-state index in [2.05, 4.69) is 15.3 Å². The van der Waals surface area contributed by atoms with Gasteiger partial charge in [0, 0.05) is 23.7 Å². The summed E-state index contributed by atoms with van der Waals surface area (Å²) < 4.78 is 0. The van der Waals surface area contributed by atoms with Crippen LogP contribution in [-0.2, 0) is 6.42 Å². The number of rotatable bonds is 0. The molecular weight excluding hydrogens is 178 g/mol. The number of nitrogens with zero attached hydrogens (tertiary/aromatic N) is 2. The fraction of sp³-hybridized carbons (Fsp3) is 0.200. The number of anilines is 1. The molecule has 4 heteroatoms. The van der Waals surface area contributed by atoms with Gasteiger partial charge in [0.2, 0.25) is 0 Å². The van der Waals surface area contributed by atoms with E-state index in [1.54, 1.807) is 18.5 Å². The lowest BCUT2D eigenvalue weighted by molar-refractivity contribution is 0.476. The van der Waals surface area contributed by atoms with Crippen molar-refractivity contribution in [3.63, 3.8) is 0 Å². The van der Waals surface area contributed by atoms with Gasteiger partial charge in [0.25, 0.3) is 0 Å². The highest BCUT2D eigenvalue weighted by molar-refractivity contribution is 5.88. The van der Waals surface area contributed by atoms with Gasteiger partial charge in [-0.1, -0.05) is 0 Å². The lowest BCUT2D eigenvalue weighted by atomic mass is 10.1. The Morgan fingerprint density at radius 3 is 3.29 bits per heavy atom. The van der Waals surface area contributed by atoms with Crippen LogP contribution in [0.3, 0.4) is 0 Å². The maximum Gasteiger partial charge on any atom is 0.133 e. The van der Waals surface area contributed by atoms with E-state index >= 15 is 0 Å². The van der Waals surface area contributed by atoms with Gasteiger partial charge < -0.3 is 10.4 Å². The predicted molar refractivity (Wildman–Crippen MR) is 53.4 cm³/mol. The first kappa shape index (κ1) is 7.55. The van der Waals surface area contributed by atoms with Crippen LogP contribution in [0.5, 0.6) is 5.75 Å². The number of aromatic hydroxyl groups is 1. The Morgan fingerprint density at radius 2 is 2.36 bits per heavy atom. The largest absolute Gasteiger partial charge is 0.507 e. The molecule has 0 fully saturated rings. The smallest absolute Gasteiger partial charge is 0.133 e. The summed E-state index contributed by atoms with van der Waals surface area (Å²) in [7, 11) is 0. The lowest BCUT2D eigenvalue weighted by Gasteiger charge is -2.05. The molecule has 1 aliphatic heterocycles. The van der Waals surface area contributed by atoms with Crippen LogP contribution in [-0.4, -0.2) is 21.6 Å². The first-order valence-electron chi connectivity index (χ1n) is 4.56. The van der Waals surface area contributed by atoms with Crippen molar-refractivity contribution in [2.24, 2.45) is 0 Å². The molecule has 0 spiro atoms. The van der Waals surface area contributed by atoms with Gasteiger partial charge >= 0.3 is 0 Å². The number of pyridine rings is 2. The minimum Gasteiger partial charge on any atom is -0.507 e. The van der Waals surface area contributed by atoms with E-state index < -0.39 is 0 Å². The summed E-state index contributed by atoms with van der Waals surface area (Å²) >= 11 is 0. The Labute approximate surface area is 80.6 Å². The molecule has 0 unspecified atom stereocenters. The van der Waals surface area contributed by atoms with Gasteiger partial charge in [0.15, 0.2) is 0 Å². The average Bonchev–Trinajstić information content (AvgIpc) is 2.66. The van der Waals surface area contributed by atoms with Gasteiger partial charge in [-0.15, -0.1) is 0 Å². The van der Waals surface area contributed by atoms with E-state index in [0.29, 0.717) is 5.75 Å². The number of hydrogen-bond acceptors (Lipinski definition) is 4. The van der Waals surface area contributed by atoms with Crippen LogP contribution in [0.15, 0.2) is 18.5 Å². The Bertz CT molecular complexity index is 510. The monoisotopic (exact) mass is 187 g/mol. The van der Waals surface area contributed by atoms with E-state index in [4.69, 9.17) is 0 Å². The quantitative estimate of drug-likeness (QED) is 0.652. The van der Waals surface area contributed by atoms with Crippen molar-refractivity contribution in [2.45, 2.75) is 6.42 Å². The second-order valence-corrected chi connectivity index (χ2v) is 3.36. The zero-order valence-electron chi connectivity index (χ0n) is 7.49. The fourth-order valence-corrected chi connectivity index (χ4v) is 1.83. The topological polar surface area (TPSA) is 58.0 Å². The van der Waals surface area contributed by atoms with Crippen molar-refractivity contribution in [1.29, 1.82) is 0 Å². The molecule has 3 rings (SSSR count). The van der Waals surface area contributed by atoms with Crippen molar-refractivity contribution in [1.82, 2.24) is 9.97 Å². The first-order valence-corrected chi connectivity index (χ1v) is 4.56. The number of fused-ring (bicyclic) bond motifs is 2. The van der Waals surface area contributed by atoms with Gasteiger partial charge in [0.1, 0.15) is 11.6 Å². The van der Waals surface area contributed by atoms with E-state index in [0.717, 1.165) is 35.2 Å². The van der Waals surface area contributed by atoms with Crippen LogP contribution in [0.25, 0.3) is 10.9 Å².